The molecule has 0 radical (unpaired) electrons. The Morgan fingerprint density at radius 2 is 1.81 bits per heavy atom. The fourth-order valence-electron chi connectivity index (χ4n) is 4.47. The summed E-state index contributed by atoms with van der Waals surface area (Å²) in [5.41, 5.74) is 3.31. The minimum absolute atomic E-state index is 0.0371. The number of halogens is 1. The summed E-state index contributed by atoms with van der Waals surface area (Å²) in [6.07, 6.45) is 1.12. The Hall–Kier alpha value is -3.87. The summed E-state index contributed by atoms with van der Waals surface area (Å²) in [6.45, 7) is 4.40. The summed E-state index contributed by atoms with van der Waals surface area (Å²) in [5.74, 6) is 0.818. The highest BCUT2D eigenvalue weighted by atomic mass is 19.1. The molecule has 3 aromatic carbocycles. The number of amides is 2. The number of hydrogen-bond acceptors (Lipinski definition) is 4. The molecule has 0 aromatic heterocycles. The third-order valence-corrected chi connectivity index (χ3v) is 6.16. The number of nitrogens with one attached hydrogen (secondary N) is 1. The van der Waals surface area contributed by atoms with Crippen LogP contribution in [0.25, 0.3) is 0 Å². The van der Waals surface area contributed by atoms with E-state index in [-0.39, 0.29) is 30.2 Å². The topological polar surface area (TPSA) is 67.9 Å². The van der Waals surface area contributed by atoms with E-state index in [1.807, 2.05) is 43.0 Å². The molecule has 0 bridgehead atoms. The van der Waals surface area contributed by atoms with Gasteiger partial charge in [-0.2, -0.15) is 0 Å². The number of hydrogen-bond donors (Lipinski definition) is 1. The van der Waals surface area contributed by atoms with Crippen molar-refractivity contribution in [1.29, 1.82) is 0 Å². The van der Waals surface area contributed by atoms with E-state index >= 15 is 0 Å². The van der Waals surface area contributed by atoms with Crippen molar-refractivity contribution in [2.75, 3.05) is 25.6 Å². The highest BCUT2D eigenvalue weighted by molar-refractivity contribution is 5.91. The van der Waals surface area contributed by atoms with Gasteiger partial charge in [0.25, 0.3) is 5.91 Å². The summed E-state index contributed by atoms with van der Waals surface area (Å²) in [5, 5.41) is 2.79. The molecule has 0 saturated carbocycles. The van der Waals surface area contributed by atoms with Crippen LogP contribution >= 0.6 is 0 Å². The van der Waals surface area contributed by atoms with Gasteiger partial charge in [-0.1, -0.05) is 32.0 Å². The molecule has 0 fully saturated rings. The Balaban J connectivity index is 1.54. The zero-order valence-electron chi connectivity index (χ0n) is 20.8. The van der Waals surface area contributed by atoms with Crippen LogP contribution in [0.4, 0.5) is 10.1 Å². The maximum Gasteiger partial charge on any atom is 0.262 e. The quantitative estimate of drug-likeness (QED) is 0.461. The van der Waals surface area contributed by atoms with Crippen LogP contribution in [-0.2, 0) is 16.0 Å². The van der Waals surface area contributed by atoms with Crippen molar-refractivity contribution in [3.05, 3.63) is 89.2 Å². The Labute approximate surface area is 211 Å². The van der Waals surface area contributed by atoms with Gasteiger partial charge in [0.15, 0.2) is 6.61 Å². The number of carbonyl (C=O) groups excluding carboxylic acids is 2. The summed E-state index contributed by atoms with van der Waals surface area (Å²) in [7, 11) is 1.58. The summed E-state index contributed by atoms with van der Waals surface area (Å²) >= 11 is 0. The van der Waals surface area contributed by atoms with Gasteiger partial charge >= 0.3 is 0 Å². The molecule has 4 rings (SSSR count). The molecule has 1 unspecified atom stereocenters. The minimum Gasteiger partial charge on any atom is -0.497 e. The molecular formula is C29H31FN2O4. The van der Waals surface area contributed by atoms with Gasteiger partial charge in [0.05, 0.1) is 13.2 Å². The Morgan fingerprint density at radius 3 is 2.50 bits per heavy atom. The van der Waals surface area contributed by atoms with Crippen LogP contribution in [0.3, 0.4) is 0 Å². The predicted octanol–water partition coefficient (Wildman–Crippen LogP) is 5.37. The van der Waals surface area contributed by atoms with E-state index in [9.17, 15) is 14.0 Å². The fourth-order valence-corrected chi connectivity index (χ4v) is 4.47. The van der Waals surface area contributed by atoms with Crippen LogP contribution in [0.2, 0.25) is 0 Å². The van der Waals surface area contributed by atoms with Crippen LogP contribution in [0.1, 0.15) is 43.0 Å². The average molecular weight is 491 g/mol. The summed E-state index contributed by atoms with van der Waals surface area (Å²) < 4.78 is 25.1. The van der Waals surface area contributed by atoms with Gasteiger partial charge in [0, 0.05) is 18.7 Å². The van der Waals surface area contributed by atoms with Gasteiger partial charge < -0.3 is 19.7 Å². The average Bonchev–Trinajstić information content (AvgIpc) is 2.86. The molecule has 7 heteroatoms. The molecule has 1 N–H and O–H groups in total. The Bertz CT molecular complexity index is 1230. The van der Waals surface area contributed by atoms with Gasteiger partial charge in [0.1, 0.15) is 17.3 Å². The Morgan fingerprint density at radius 1 is 1.06 bits per heavy atom. The van der Waals surface area contributed by atoms with Crippen molar-refractivity contribution in [1.82, 2.24) is 4.90 Å². The van der Waals surface area contributed by atoms with E-state index in [1.54, 1.807) is 37.4 Å². The zero-order valence-corrected chi connectivity index (χ0v) is 20.8. The van der Waals surface area contributed by atoms with E-state index in [2.05, 4.69) is 5.32 Å². The van der Waals surface area contributed by atoms with E-state index in [1.165, 1.54) is 12.1 Å². The number of fused-ring (bicyclic) bond motifs is 1. The Kier molecular flexibility index (Phi) is 7.88. The lowest BCUT2D eigenvalue weighted by atomic mass is 9.87. The van der Waals surface area contributed by atoms with Gasteiger partial charge in [-0.15, -0.1) is 0 Å². The van der Waals surface area contributed by atoms with E-state index in [4.69, 9.17) is 9.47 Å². The second-order valence-corrected chi connectivity index (χ2v) is 9.32. The predicted molar refractivity (Wildman–Crippen MR) is 137 cm³/mol. The number of benzene rings is 3. The van der Waals surface area contributed by atoms with Gasteiger partial charge in [-0.3, -0.25) is 9.59 Å². The van der Waals surface area contributed by atoms with Crippen molar-refractivity contribution in [3.63, 3.8) is 0 Å². The number of methoxy groups -OCH3 is 1. The van der Waals surface area contributed by atoms with E-state index in [0.29, 0.717) is 42.1 Å². The molecule has 1 aliphatic rings. The zero-order chi connectivity index (χ0) is 25.7. The number of ether oxygens (including phenoxy) is 2. The van der Waals surface area contributed by atoms with Crippen LogP contribution < -0.4 is 14.8 Å². The number of carbonyl (C=O) groups is 2. The largest absolute Gasteiger partial charge is 0.497 e. The highest BCUT2D eigenvalue weighted by Gasteiger charge is 2.32. The normalized spacial score (nSPS) is 14.8. The van der Waals surface area contributed by atoms with E-state index in [0.717, 1.165) is 11.1 Å². The van der Waals surface area contributed by atoms with Crippen molar-refractivity contribution < 1.29 is 23.5 Å². The maximum absolute atomic E-state index is 14.2. The van der Waals surface area contributed by atoms with Crippen LogP contribution in [-0.4, -0.2) is 37.0 Å². The van der Waals surface area contributed by atoms with Crippen molar-refractivity contribution in [3.8, 4) is 11.5 Å². The first kappa shape index (κ1) is 25.2. The van der Waals surface area contributed by atoms with Crippen LogP contribution in [0.5, 0.6) is 11.5 Å². The number of anilines is 1. The molecule has 2 amide bonds. The first-order chi connectivity index (χ1) is 17.3. The molecule has 1 atom stereocenters. The molecule has 0 spiro atoms. The van der Waals surface area contributed by atoms with Crippen molar-refractivity contribution >= 4 is 17.5 Å². The SMILES string of the molecule is COc1ccc(NC(=O)COc2ccc3c(c2)C(c2cccc(F)c2)N(C(=O)CC(C)C)CC3)cc1. The molecule has 3 aromatic rings. The standard InChI is InChI=1S/C29H31FN2O4/c1-19(2)15-28(34)32-14-13-20-7-10-25(17-26(20)29(32)21-5-4-6-22(30)16-21)36-18-27(33)31-23-8-11-24(35-3)12-9-23/h4-12,16-17,19,29H,13-15,18H2,1-3H3,(H,31,33). The van der Waals surface area contributed by atoms with Crippen LogP contribution in [0.15, 0.2) is 66.7 Å². The lowest BCUT2D eigenvalue weighted by molar-refractivity contribution is -0.134. The first-order valence-electron chi connectivity index (χ1n) is 12.1. The first-order valence-corrected chi connectivity index (χ1v) is 12.1. The molecule has 36 heavy (non-hydrogen) atoms. The summed E-state index contributed by atoms with van der Waals surface area (Å²) in [6, 6.07) is 18.6. The van der Waals surface area contributed by atoms with Gasteiger partial charge in [-0.25, -0.2) is 4.39 Å². The monoisotopic (exact) mass is 490 g/mol. The lowest BCUT2D eigenvalue weighted by Crippen LogP contribution is -2.41. The van der Waals surface area contributed by atoms with Crippen molar-refractivity contribution in [2.24, 2.45) is 5.92 Å². The van der Waals surface area contributed by atoms with Crippen LogP contribution in [0, 0.1) is 11.7 Å². The van der Waals surface area contributed by atoms with Gasteiger partial charge in [-0.05, 0) is 77.6 Å². The molecular weight excluding hydrogens is 459 g/mol. The molecule has 1 aliphatic heterocycles. The lowest BCUT2D eigenvalue weighted by Gasteiger charge is -2.38. The fraction of sp³-hybridized carbons (Fsp3) is 0.310. The molecule has 0 aliphatic carbocycles. The van der Waals surface area contributed by atoms with Crippen molar-refractivity contribution in [2.45, 2.75) is 32.7 Å². The molecule has 1 heterocycles. The molecule has 188 valence electrons. The smallest absolute Gasteiger partial charge is 0.262 e. The molecule has 0 saturated heterocycles. The second kappa shape index (κ2) is 11.2. The number of nitrogens with zero attached hydrogens (tertiary/aromatic N) is 1. The highest BCUT2D eigenvalue weighted by Crippen LogP contribution is 2.38. The van der Waals surface area contributed by atoms with Gasteiger partial charge in [0.2, 0.25) is 5.91 Å². The third-order valence-electron chi connectivity index (χ3n) is 6.16. The summed E-state index contributed by atoms with van der Waals surface area (Å²) in [4.78, 5) is 27.4. The molecule has 6 nitrogen and oxygen atoms in total. The third kappa shape index (κ3) is 6.03. The van der Waals surface area contributed by atoms with E-state index < -0.39 is 6.04 Å². The minimum atomic E-state index is -0.424. The number of rotatable bonds is 8. The second-order valence-electron chi connectivity index (χ2n) is 9.32. The maximum atomic E-state index is 14.2.